The van der Waals surface area contributed by atoms with Gasteiger partial charge in [0.15, 0.2) is 5.16 Å². The van der Waals surface area contributed by atoms with Crippen molar-refractivity contribution in [2.45, 2.75) is 50.9 Å². The minimum Gasteiger partial charge on any atom is -0.336 e. The van der Waals surface area contributed by atoms with Crippen LogP contribution in [0.3, 0.4) is 0 Å². The zero-order valence-corrected chi connectivity index (χ0v) is 17.6. The van der Waals surface area contributed by atoms with Crippen molar-refractivity contribution in [2.24, 2.45) is 0 Å². The Bertz CT molecular complexity index is 858. The molecule has 144 valence electrons. The molecule has 0 spiro atoms. The SMILES string of the molecule is CCCCCn1cnnc1SCC(=O)N(C)[C@H](C)c1nc2ccccc2s1. The third-order valence-corrected chi connectivity index (χ3v) is 6.72. The Balaban J connectivity index is 1.58. The topological polar surface area (TPSA) is 63.9 Å². The van der Waals surface area contributed by atoms with Gasteiger partial charge in [-0.1, -0.05) is 43.7 Å². The molecule has 6 nitrogen and oxygen atoms in total. The molecule has 0 fully saturated rings. The molecule has 3 rings (SSSR count). The number of nitrogens with zero attached hydrogens (tertiary/aromatic N) is 5. The lowest BCUT2D eigenvalue weighted by molar-refractivity contribution is -0.128. The largest absolute Gasteiger partial charge is 0.336 e. The summed E-state index contributed by atoms with van der Waals surface area (Å²) in [7, 11) is 1.84. The van der Waals surface area contributed by atoms with Crippen molar-refractivity contribution in [1.82, 2.24) is 24.6 Å². The number of carbonyl (C=O) groups excluding carboxylic acids is 1. The first-order valence-corrected chi connectivity index (χ1v) is 11.0. The molecule has 0 saturated heterocycles. The molecule has 0 N–H and O–H groups in total. The van der Waals surface area contributed by atoms with Gasteiger partial charge in [0.2, 0.25) is 5.91 Å². The fraction of sp³-hybridized carbons (Fsp3) is 0.474. The molecule has 0 saturated carbocycles. The molecule has 1 atom stereocenters. The van der Waals surface area contributed by atoms with Gasteiger partial charge in [-0.05, 0) is 25.5 Å². The third kappa shape index (κ3) is 4.87. The van der Waals surface area contributed by atoms with E-state index in [4.69, 9.17) is 0 Å². The van der Waals surface area contributed by atoms with E-state index >= 15 is 0 Å². The number of aromatic nitrogens is 4. The summed E-state index contributed by atoms with van der Waals surface area (Å²) in [5.74, 6) is 0.410. The summed E-state index contributed by atoms with van der Waals surface area (Å²) in [6.45, 7) is 5.10. The smallest absolute Gasteiger partial charge is 0.233 e. The second-order valence-corrected chi connectivity index (χ2v) is 8.51. The Morgan fingerprint density at radius 3 is 2.93 bits per heavy atom. The molecule has 0 aliphatic heterocycles. The fourth-order valence-corrected chi connectivity index (χ4v) is 4.65. The van der Waals surface area contributed by atoms with Crippen LogP contribution in [0.5, 0.6) is 0 Å². The summed E-state index contributed by atoms with van der Waals surface area (Å²) in [6.07, 6.45) is 5.21. The number of fused-ring (bicyclic) bond motifs is 1. The zero-order chi connectivity index (χ0) is 19.2. The molecule has 1 amide bonds. The predicted molar refractivity (Wildman–Crippen MR) is 111 cm³/mol. The lowest BCUT2D eigenvalue weighted by atomic mass is 10.2. The second-order valence-electron chi connectivity index (χ2n) is 6.50. The number of rotatable bonds is 9. The van der Waals surface area contributed by atoms with Crippen LogP contribution in [0.15, 0.2) is 35.7 Å². The van der Waals surface area contributed by atoms with Crippen LogP contribution in [-0.4, -0.2) is 43.4 Å². The van der Waals surface area contributed by atoms with Crippen molar-refractivity contribution in [3.63, 3.8) is 0 Å². The first kappa shape index (κ1) is 19.8. The highest BCUT2D eigenvalue weighted by atomic mass is 32.2. The highest BCUT2D eigenvalue weighted by Gasteiger charge is 2.21. The molecule has 0 aliphatic rings. The van der Waals surface area contributed by atoms with E-state index in [1.54, 1.807) is 22.6 Å². The number of hydrogen-bond acceptors (Lipinski definition) is 6. The number of hydrogen-bond donors (Lipinski definition) is 0. The average molecular weight is 404 g/mol. The minimum absolute atomic E-state index is 0.0575. The monoisotopic (exact) mass is 403 g/mol. The van der Waals surface area contributed by atoms with Gasteiger partial charge in [0.25, 0.3) is 0 Å². The fourth-order valence-electron chi connectivity index (χ4n) is 2.72. The van der Waals surface area contributed by atoms with Crippen LogP contribution in [0, 0.1) is 0 Å². The zero-order valence-electron chi connectivity index (χ0n) is 16.0. The van der Waals surface area contributed by atoms with Crippen molar-refractivity contribution in [3.8, 4) is 0 Å². The van der Waals surface area contributed by atoms with Gasteiger partial charge in [0, 0.05) is 13.6 Å². The number of para-hydroxylation sites is 1. The number of amides is 1. The molecule has 3 aromatic rings. The quantitative estimate of drug-likeness (QED) is 0.392. The lowest BCUT2D eigenvalue weighted by Crippen LogP contribution is -2.31. The minimum atomic E-state index is -0.0575. The van der Waals surface area contributed by atoms with E-state index in [9.17, 15) is 4.79 Å². The maximum absolute atomic E-state index is 12.7. The van der Waals surface area contributed by atoms with E-state index < -0.39 is 0 Å². The Morgan fingerprint density at radius 1 is 1.33 bits per heavy atom. The van der Waals surface area contributed by atoms with Gasteiger partial charge < -0.3 is 9.47 Å². The number of unbranched alkanes of at least 4 members (excludes halogenated alkanes) is 2. The van der Waals surface area contributed by atoms with E-state index in [1.165, 1.54) is 24.6 Å². The number of aryl methyl sites for hydroxylation is 1. The van der Waals surface area contributed by atoms with E-state index in [0.29, 0.717) is 5.75 Å². The summed E-state index contributed by atoms with van der Waals surface area (Å²) < 4.78 is 3.18. The van der Waals surface area contributed by atoms with Crippen molar-refractivity contribution in [2.75, 3.05) is 12.8 Å². The molecule has 0 radical (unpaired) electrons. The predicted octanol–water partition coefficient (Wildman–Crippen LogP) is 4.39. The molecule has 1 aromatic carbocycles. The van der Waals surface area contributed by atoms with Crippen LogP contribution >= 0.6 is 23.1 Å². The van der Waals surface area contributed by atoms with Gasteiger partial charge in [0.05, 0.1) is 22.0 Å². The Morgan fingerprint density at radius 2 is 2.15 bits per heavy atom. The number of benzene rings is 1. The maximum Gasteiger partial charge on any atom is 0.233 e. The first-order chi connectivity index (χ1) is 13.1. The summed E-state index contributed by atoms with van der Waals surface area (Å²) >= 11 is 3.09. The van der Waals surface area contributed by atoms with Gasteiger partial charge in [0.1, 0.15) is 11.3 Å². The average Bonchev–Trinajstić information content (AvgIpc) is 3.31. The number of carbonyl (C=O) groups is 1. The van der Waals surface area contributed by atoms with Crippen molar-refractivity contribution >= 4 is 39.2 Å². The van der Waals surface area contributed by atoms with Crippen LogP contribution in [0.2, 0.25) is 0 Å². The van der Waals surface area contributed by atoms with Gasteiger partial charge in [-0.25, -0.2) is 4.98 Å². The van der Waals surface area contributed by atoms with E-state index in [1.807, 2.05) is 36.7 Å². The van der Waals surface area contributed by atoms with Crippen LogP contribution in [0.1, 0.15) is 44.2 Å². The molecule has 0 aliphatic carbocycles. The highest BCUT2D eigenvalue weighted by molar-refractivity contribution is 7.99. The second kappa shape index (κ2) is 9.32. The maximum atomic E-state index is 12.7. The van der Waals surface area contributed by atoms with Gasteiger partial charge in [-0.3, -0.25) is 4.79 Å². The Hall–Kier alpha value is -1.93. The molecular weight excluding hydrogens is 378 g/mol. The number of thiazole rings is 1. The van der Waals surface area contributed by atoms with E-state index in [2.05, 4.69) is 28.2 Å². The van der Waals surface area contributed by atoms with Crippen LogP contribution in [0.4, 0.5) is 0 Å². The highest BCUT2D eigenvalue weighted by Crippen LogP contribution is 2.29. The normalized spacial score (nSPS) is 12.4. The van der Waals surface area contributed by atoms with Crippen molar-refractivity contribution in [1.29, 1.82) is 0 Å². The Labute approximate surface area is 168 Å². The molecular formula is C19H25N5OS2. The van der Waals surface area contributed by atoms with Crippen LogP contribution < -0.4 is 0 Å². The van der Waals surface area contributed by atoms with E-state index in [0.717, 1.165) is 33.3 Å². The van der Waals surface area contributed by atoms with Crippen LogP contribution in [-0.2, 0) is 11.3 Å². The molecule has 27 heavy (non-hydrogen) atoms. The lowest BCUT2D eigenvalue weighted by Gasteiger charge is -2.23. The Kier molecular flexibility index (Phi) is 6.84. The first-order valence-electron chi connectivity index (χ1n) is 9.22. The third-order valence-electron chi connectivity index (χ3n) is 4.55. The van der Waals surface area contributed by atoms with Crippen molar-refractivity contribution < 1.29 is 4.79 Å². The van der Waals surface area contributed by atoms with E-state index in [-0.39, 0.29) is 11.9 Å². The molecule has 0 unspecified atom stereocenters. The number of thioether (sulfide) groups is 1. The van der Waals surface area contributed by atoms with Crippen LogP contribution in [0.25, 0.3) is 10.2 Å². The molecule has 2 aromatic heterocycles. The molecule has 2 heterocycles. The summed E-state index contributed by atoms with van der Waals surface area (Å²) in [5.41, 5.74) is 0.986. The summed E-state index contributed by atoms with van der Waals surface area (Å²) in [5, 5.41) is 9.91. The summed E-state index contributed by atoms with van der Waals surface area (Å²) in [6, 6.07) is 8.01. The standard InChI is InChI=1S/C19H25N5OS2/c1-4-5-8-11-24-13-20-22-19(24)26-12-17(25)23(3)14(2)18-21-15-9-6-7-10-16(15)27-18/h6-7,9-10,13-14H,4-5,8,11-12H2,1-3H3/t14-/m1/s1. The van der Waals surface area contributed by atoms with Gasteiger partial charge in [-0.2, -0.15) is 0 Å². The molecule has 0 bridgehead atoms. The van der Waals surface area contributed by atoms with Gasteiger partial charge >= 0.3 is 0 Å². The molecule has 8 heteroatoms. The van der Waals surface area contributed by atoms with Gasteiger partial charge in [-0.15, -0.1) is 21.5 Å². The summed E-state index contributed by atoms with van der Waals surface area (Å²) in [4.78, 5) is 19.1. The van der Waals surface area contributed by atoms with Crippen molar-refractivity contribution in [3.05, 3.63) is 35.6 Å².